The van der Waals surface area contributed by atoms with Crippen LogP contribution in [-0.2, 0) is 9.59 Å². The number of halogens is 2. The molecule has 2 N–H and O–H groups in total. The largest absolute Gasteiger partial charge is 0.481 e. The summed E-state index contributed by atoms with van der Waals surface area (Å²) in [6, 6.07) is 0. The summed E-state index contributed by atoms with van der Waals surface area (Å²) in [6.07, 6.45) is 33.0. The minimum Gasteiger partial charge on any atom is -0.481 e. The van der Waals surface area contributed by atoms with E-state index >= 15 is 0 Å². The van der Waals surface area contributed by atoms with E-state index in [1.54, 1.807) is 0 Å². The minimum absolute atomic E-state index is 0. The number of rotatable bonds is 29. The first-order valence-electron chi connectivity index (χ1n) is 15.5. The van der Waals surface area contributed by atoms with Gasteiger partial charge in [-0.3, -0.25) is 9.59 Å². The van der Waals surface area contributed by atoms with Crippen LogP contribution in [0.25, 0.3) is 0 Å². The first-order chi connectivity index (χ1) is 17.0. The topological polar surface area (TPSA) is 74.6 Å². The lowest BCUT2D eigenvalue weighted by Gasteiger charge is -2.11. The Morgan fingerprint density at radius 3 is 0.811 bits per heavy atom. The summed E-state index contributed by atoms with van der Waals surface area (Å²) >= 11 is 0. The molecule has 0 aromatic heterocycles. The molecule has 0 aliphatic rings. The molecule has 1 unspecified atom stereocenters. The van der Waals surface area contributed by atoms with Crippen LogP contribution in [0.1, 0.15) is 180 Å². The van der Waals surface area contributed by atoms with Crippen molar-refractivity contribution in [2.75, 3.05) is 0 Å². The average molecular weight is 570 g/mol. The zero-order valence-corrected chi connectivity index (χ0v) is 25.8. The highest BCUT2D eigenvalue weighted by Crippen LogP contribution is 2.19. The Kier molecular flexibility index (Phi) is 37.2. The van der Waals surface area contributed by atoms with Crippen molar-refractivity contribution in [3.05, 3.63) is 0 Å². The van der Waals surface area contributed by atoms with Crippen molar-refractivity contribution >= 4 is 36.8 Å². The third-order valence-electron chi connectivity index (χ3n) is 7.43. The molecule has 0 rings (SSSR count). The number of hydrogen-bond donors (Lipinski definition) is 2. The van der Waals surface area contributed by atoms with Crippen molar-refractivity contribution in [2.45, 2.75) is 180 Å². The highest BCUT2D eigenvalue weighted by atomic mass is 35.5. The first-order valence-corrected chi connectivity index (χ1v) is 15.5. The predicted octanol–water partition coefficient (Wildman–Crippen LogP) is 11.2. The summed E-state index contributed by atoms with van der Waals surface area (Å²) in [5, 5.41) is 17.2. The molecule has 0 spiro atoms. The molecule has 1 atom stereocenters. The lowest BCUT2D eigenvalue weighted by Crippen LogP contribution is -1.95. The van der Waals surface area contributed by atoms with E-state index in [2.05, 4.69) is 6.92 Å². The van der Waals surface area contributed by atoms with Crippen molar-refractivity contribution in [2.24, 2.45) is 5.92 Å². The van der Waals surface area contributed by atoms with Gasteiger partial charge in [-0.05, 0) is 18.8 Å². The van der Waals surface area contributed by atoms with E-state index in [4.69, 9.17) is 10.2 Å². The van der Waals surface area contributed by atoms with Crippen LogP contribution in [0.5, 0.6) is 0 Å². The maximum absolute atomic E-state index is 10.5. The van der Waals surface area contributed by atoms with Gasteiger partial charge in [0.05, 0.1) is 0 Å². The summed E-state index contributed by atoms with van der Waals surface area (Å²) in [6.45, 7) is 2.44. The van der Waals surface area contributed by atoms with Crippen molar-refractivity contribution in [3.8, 4) is 0 Å². The fraction of sp³-hybridized carbons (Fsp3) is 0.935. The standard InChI is InChI=1S/C31H60O4.2ClH/c1-29(26-22-18-14-10-6-4-8-12-16-20-24-28-31(34)35)25-21-17-13-9-5-2-3-7-11-15-19-23-27-30(32)33;;/h29H,2-28H2,1H3,(H,32,33)(H,34,35);2*1H. The predicted molar refractivity (Wildman–Crippen MR) is 164 cm³/mol. The third kappa shape index (κ3) is 37.7. The monoisotopic (exact) mass is 568 g/mol. The second-order valence-electron chi connectivity index (χ2n) is 11.1. The molecule has 0 amide bonds. The Morgan fingerprint density at radius 2 is 0.595 bits per heavy atom. The number of carboxylic acids is 2. The molecule has 0 aliphatic carbocycles. The zero-order chi connectivity index (χ0) is 25.8. The van der Waals surface area contributed by atoms with Gasteiger partial charge in [-0.1, -0.05) is 155 Å². The summed E-state index contributed by atoms with van der Waals surface area (Å²) in [7, 11) is 0. The molecule has 0 heterocycles. The van der Waals surface area contributed by atoms with Crippen LogP contribution in [-0.4, -0.2) is 22.2 Å². The Morgan fingerprint density at radius 1 is 0.405 bits per heavy atom. The second kappa shape index (κ2) is 33.5. The molecule has 0 aromatic rings. The van der Waals surface area contributed by atoms with E-state index in [0.717, 1.165) is 31.6 Å². The smallest absolute Gasteiger partial charge is 0.303 e. The lowest BCUT2D eigenvalue weighted by atomic mass is 9.95. The maximum Gasteiger partial charge on any atom is 0.303 e. The average Bonchev–Trinajstić information content (AvgIpc) is 2.81. The Labute approximate surface area is 242 Å². The van der Waals surface area contributed by atoms with Gasteiger partial charge in [0, 0.05) is 12.8 Å². The van der Waals surface area contributed by atoms with Crippen LogP contribution in [0.15, 0.2) is 0 Å². The van der Waals surface area contributed by atoms with Crippen LogP contribution in [0.2, 0.25) is 0 Å². The van der Waals surface area contributed by atoms with Crippen LogP contribution >= 0.6 is 24.8 Å². The Hall–Kier alpha value is -0.480. The molecule has 4 nitrogen and oxygen atoms in total. The highest BCUT2D eigenvalue weighted by molar-refractivity contribution is 5.85. The fourth-order valence-corrected chi connectivity index (χ4v) is 5.04. The summed E-state index contributed by atoms with van der Waals surface area (Å²) in [5.41, 5.74) is 0. The third-order valence-corrected chi connectivity index (χ3v) is 7.43. The van der Waals surface area contributed by atoms with Gasteiger partial charge in [0.1, 0.15) is 0 Å². The summed E-state index contributed by atoms with van der Waals surface area (Å²) in [5.74, 6) is -0.422. The van der Waals surface area contributed by atoms with Crippen molar-refractivity contribution in [1.82, 2.24) is 0 Å². The van der Waals surface area contributed by atoms with Gasteiger partial charge in [0.15, 0.2) is 0 Å². The van der Waals surface area contributed by atoms with Gasteiger partial charge in [-0.25, -0.2) is 0 Å². The summed E-state index contributed by atoms with van der Waals surface area (Å²) < 4.78 is 0. The van der Waals surface area contributed by atoms with Gasteiger partial charge in [-0.2, -0.15) is 0 Å². The number of carbonyl (C=O) groups is 2. The lowest BCUT2D eigenvalue weighted by molar-refractivity contribution is -0.138. The maximum atomic E-state index is 10.5. The van der Waals surface area contributed by atoms with Gasteiger partial charge >= 0.3 is 11.9 Å². The van der Waals surface area contributed by atoms with Crippen LogP contribution in [0.3, 0.4) is 0 Å². The minimum atomic E-state index is -0.659. The van der Waals surface area contributed by atoms with Gasteiger partial charge in [0.25, 0.3) is 0 Å². The second-order valence-corrected chi connectivity index (χ2v) is 11.1. The SMILES string of the molecule is CC(CCCCCCCCCCCCCCC(=O)O)CCCCCCCCCCCCCC(=O)O.Cl.Cl. The van der Waals surface area contributed by atoms with Gasteiger partial charge in [0.2, 0.25) is 0 Å². The van der Waals surface area contributed by atoms with Crippen molar-refractivity contribution in [1.29, 1.82) is 0 Å². The summed E-state index contributed by atoms with van der Waals surface area (Å²) in [4.78, 5) is 20.9. The highest BCUT2D eigenvalue weighted by Gasteiger charge is 2.03. The van der Waals surface area contributed by atoms with Crippen LogP contribution in [0.4, 0.5) is 0 Å². The van der Waals surface area contributed by atoms with Crippen molar-refractivity contribution in [3.63, 3.8) is 0 Å². The number of hydrogen-bond acceptors (Lipinski definition) is 2. The number of unbranched alkanes of at least 4 members (excludes halogenated alkanes) is 21. The molecule has 0 saturated carbocycles. The molecule has 0 bridgehead atoms. The van der Waals surface area contributed by atoms with Crippen molar-refractivity contribution < 1.29 is 19.8 Å². The molecule has 6 heteroatoms. The van der Waals surface area contributed by atoms with E-state index in [0.29, 0.717) is 12.8 Å². The molecular weight excluding hydrogens is 507 g/mol. The van der Waals surface area contributed by atoms with E-state index in [-0.39, 0.29) is 24.8 Å². The van der Waals surface area contributed by atoms with Gasteiger partial charge < -0.3 is 10.2 Å². The van der Waals surface area contributed by atoms with Crippen LogP contribution < -0.4 is 0 Å². The number of aliphatic carboxylic acids is 2. The Bertz CT molecular complexity index is 474. The molecule has 0 radical (unpaired) electrons. The van der Waals surface area contributed by atoms with E-state index in [1.807, 2.05) is 0 Å². The molecule has 0 aromatic carbocycles. The van der Waals surface area contributed by atoms with E-state index < -0.39 is 11.9 Å². The van der Waals surface area contributed by atoms with E-state index in [9.17, 15) is 9.59 Å². The van der Waals surface area contributed by atoms with E-state index in [1.165, 1.54) is 135 Å². The fourth-order valence-electron chi connectivity index (χ4n) is 5.04. The Balaban J connectivity index is -0.00000578. The van der Waals surface area contributed by atoms with Gasteiger partial charge in [-0.15, -0.1) is 24.8 Å². The molecule has 0 saturated heterocycles. The quantitative estimate of drug-likeness (QED) is 0.0879. The number of carboxylic acid groups (broad SMARTS) is 2. The van der Waals surface area contributed by atoms with Crippen LogP contribution in [0, 0.1) is 5.92 Å². The normalized spacial score (nSPS) is 11.5. The molecular formula is C31H62Cl2O4. The molecule has 0 aliphatic heterocycles. The zero-order valence-electron chi connectivity index (χ0n) is 24.2. The molecule has 0 fully saturated rings. The molecule has 224 valence electrons. The molecule has 37 heavy (non-hydrogen) atoms. The first kappa shape index (κ1) is 41.0.